The predicted molar refractivity (Wildman–Crippen MR) is 64.6 cm³/mol. The molecule has 16 heavy (non-hydrogen) atoms. The van der Waals surface area contributed by atoms with Gasteiger partial charge >= 0.3 is 0 Å². The molecule has 4 heteroatoms. The van der Waals surface area contributed by atoms with E-state index < -0.39 is 6.43 Å². The summed E-state index contributed by atoms with van der Waals surface area (Å²) in [4.78, 5) is 2.92. The number of para-hydroxylation sites is 1. The van der Waals surface area contributed by atoms with Gasteiger partial charge < -0.3 is 4.90 Å². The molecule has 2 rings (SSSR count). The van der Waals surface area contributed by atoms with Crippen molar-refractivity contribution in [2.45, 2.75) is 29.9 Å². The predicted octanol–water partition coefficient (Wildman–Crippen LogP) is 3.64. The van der Waals surface area contributed by atoms with Gasteiger partial charge in [-0.25, -0.2) is 8.78 Å². The number of nitrogens with zero attached hydrogens (tertiary/aromatic N) is 1. The second-order valence-corrected chi connectivity index (χ2v) is 5.50. The third-order valence-corrected chi connectivity index (χ3v) is 3.94. The standard InChI is InChI=1S/C12H15F2NS/c1-9-6-7-15(8-12(13)14)10-4-2-3-5-11(10)16-9/h2-5,9,12H,6-8H2,1H3. The third kappa shape index (κ3) is 2.67. The molecule has 0 fully saturated rings. The van der Waals surface area contributed by atoms with Crippen molar-refractivity contribution >= 4 is 17.4 Å². The molecular weight excluding hydrogens is 228 g/mol. The molecule has 0 aromatic heterocycles. The number of alkyl halides is 2. The number of anilines is 1. The maximum Gasteiger partial charge on any atom is 0.255 e. The molecule has 0 aliphatic carbocycles. The zero-order chi connectivity index (χ0) is 11.5. The molecular formula is C12H15F2NS. The third-order valence-electron chi connectivity index (χ3n) is 2.70. The van der Waals surface area contributed by atoms with Crippen molar-refractivity contribution in [2.24, 2.45) is 0 Å². The van der Waals surface area contributed by atoms with Crippen LogP contribution in [0, 0.1) is 0 Å². The van der Waals surface area contributed by atoms with Crippen LogP contribution in [0.4, 0.5) is 14.5 Å². The summed E-state index contributed by atoms with van der Waals surface area (Å²) < 4.78 is 25.0. The summed E-state index contributed by atoms with van der Waals surface area (Å²) in [6.07, 6.45) is -1.32. The highest BCUT2D eigenvalue weighted by Gasteiger charge is 2.21. The Morgan fingerprint density at radius 1 is 1.44 bits per heavy atom. The summed E-state index contributed by atoms with van der Waals surface area (Å²) in [6, 6.07) is 7.82. The number of rotatable bonds is 2. The molecule has 0 saturated carbocycles. The van der Waals surface area contributed by atoms with Gasteiger partial charge in [0.15, 0.2) is 0 Å². The topological polar surface area (TPSA) is 3.24 Å². The van der Waals surface area contributed by atoms with Crippen molar-refractivity contribution < 1.29 is 8.78 Å². The molecule has 1 atom stereocenters. The Hall–Kier alpha value is -0.770. The van der Waals surface area contributed by atoms with Gasteiger partial charge in [0.05, 0.1) is 12.2 Å². The van der Waals surface area contributed by atoms with E-state index in [1.165, 1.54) is 0 Å². The quantitative estimate of drug-likeness (QED) is 0.780. The zero-order valence-electron chi connectivity index (χ0n) is 9.20. The van der Waals surface area contributed by atoms with Gasteiger partial charge in [0.25, 0.3) is 6.43 Å². The fourth-order valence-electron chi connectivity index (χ4n) is 1.91. The molecule has 0 spiro atoms. The minimum absolute atomic E-state index is 0.162. The molecule has 0 amide bonds. The van der Waals surface area contributed by atoms with Crippen LogP contribution in [0.1, 0.15) is 13.3 Å². The fraction of sp³-hybridized carbons (Fsp3) is 0.500. The zero-order valence-corrected chi connectivity index (χ0v) is 10.0. The lowest BCUT2D eigenvalue weighted by molar-refractivity contribution is 0.154. The van der Waals surface area contributed by atoms with Crippen LogP contribution >= 0.6 is 11.8 Å². The van der Waals surface area contributed by atoms with Crippen molar-refractivity contribution in [3.05, 3.63) is 24.3 Å². The maximum absolute atomic E-state index is 12.5. The van der Waals surface area contributed by atoms with Crippen molar-refractivity contribution in [3.8, 4) is 0 Å². The van der Waals surface area contributed by atoms with E-state index in [1.54, 1.807) is 16.7 Å². The van der Waals surface area contributed by atoms with Crippen LogP contribution in [0.5, 0.6) is 0 Å². The normalized spacial score (nSPS) is 20.8. The molecule has 0 N–H and O–H groups in total. The van der Waals surface area contributed by atoms with Crippen LogP contribution in [-0.2, 0) is 0 Å². The molecule has 1 unspecified atom stereocenters. The number of hydrogen-bond acceptors (Lipinski definition) is 2. The second-order valence-electron chi connectivity index (χ2n) is 4.02. The van der Waals surface area contributed by atoms with Crippen LogP contribution in [-0.4, -0.2) is 24.8 Å². The second kappa shape index (κ2) is 5.04. The average Bonchev–Trinajstić information content (AvgIpc) is 2.38. The average molecular weight is 243 g/mol. The minimum atomic E-state index is -2.27. The maximum atomic E-state index is 12.5. The van der Waals surface area contributed by atoms with Crippen LogP contribution in [0.3, 0.4) is 0 Å². The molecule has 1 heterocycles. The van der Waals surface area contributed by atoms with E-state index in [0.29, 0.717) is 5.25 Å². The number of benzene rings is 1. The van der Waals surface area contributed by atoms with Crippen LogP contribution in [0.25, 0.3) is 0 Å². The van der Waals surface area contributed by atoms with E-state index in [9.17, 15) is 8.78 Å². The lowest BCUT2D eigenvalue weighted by Gasteiger charge is -2.23. The minimum Gasteiger partial charge on any atom is -0.365 e. The van der Waals surface area contributed by atoms with E-state index >= 15 is 0 Å². The summed E-state index contributed by atoms with van der Waals surface area (Å²) in [5.41, 5.74) is 0.956. The monoisotopic (exact) mass is 243 g/mol. The van der Waals surface area contributed by atoms with Gasteiger partial charge in [0, 0.05) is 16.7 Å². The molecule has 88 valence electrons. The Morgan fingerprint density at radius 2 is 2.19 bits per heavy atom. The molecule has 0 radical (unpaired) electrons. The summed E-state index contributed by atoms with van der Waals surface area (Å²) in [6.45, 7) is 2.70. The lowest BCUT2D eigenvalue weighted by Crippen LogP contribution is -2.30. The highest BCUT2D eigenvalue weighted by molar-refractivity contribution is 8.00. The van der Waals surface area contributed by atoms with Crippen molar-refractivity contribution in [3.63, 3.8) is 0 Å². The molecule has 1 aromatic rings. The first-order chi connectivity index (χ1) is 7.66. The number of thioether (sulfide) groups is 1. The molecule has 1 aliphatic rings. The summed E-state index contributed by atoms with van der Waals surface area (Å²) >= 11 is 1.78. The summed E-state index contributed by atoms with van der Waals surface area (Å²) in [5, 5.41) is 0.490. The summed E-state index contributed by atoms with van der Waals surface area (Å²) in [7, 11) is 0. The first-order valence-electron chi connectivity index (χ1n) is 5.45. The molecule has 1 aromatic carbocycles. The highest BCUT2D eigenvalue weighted by atomic mass is 32.2. The van der Waals surface area contributed by atoms with E-state index in [0.717, 1.165) is 23.5 Å². The van der Waals surface area contributed by atoms with Gasteiger partial charge in [-0.3, -0.25) is 0 Å². The van der Waals surface area contributed by atoms with Crippen LogP contribution in [0.15, 0.2) is 29.2 Å². The highest BCUT2D eigenvalue weighted by Crippen LogP contribution is 2.37. The van der Waals surface area contributed by atoms with Crippen LogP contribution < -0.4 is 4.90 Å². The van der Waals surface area contributed by atoms with Crippen molar-refractivity contribution in [2.75, 3.05) is 18.0 Å². The van der Waals surface area contributed by atoms with Crippen molar-refractivity contribution in [1.29, 1.82) is 0 Å². The Balaban J connectivity index is 2.27. The van der Waals surface area contributed by atoms with Gasteiger partial charge in [-0.15, -0.1) is 11.8 Å². The smallest absolute Gasteiger partial charge is 0.255 e. The summed E-state index contributed by atoms with van der Waals surface area (Å²) in [5.74, 6) is 0. The number of fused-ring (bicyclic) bond motifs is 1. The van der Waals surface area contributed by atoms with Crippen molar-refractivity contribution in [1.82, 2.24) is 0 Å². The van der Waals surface area contributed by atoms with Gasteiger partial charge in [-0.1, -0.05) is 19.1 Å². The Bertz CT molecular complexity index is 357. The first-order valence-corrected chi connectivity index (χ1v) is 6.33. The van der Waals surface area contributed by atoms with Gasteiger partial charge in [-0.05, 0) is 18.6 Å². The van der Waals surface area contributed by atoms with Gasteiger partial charge in [0.2, 0.25) is 0 Å². The van der Waals surface area contributed by atoms with E-state index in [1.807, 2.05) is 24.3 Å². The molecule has 0 bridgehead atoms. The number of hydrogen-bond donors (Lipinski definition) is 0. The van der Waals surface area contributed by atoms with Gasteiger partial charge in [0.1, 0.15) is 0 Å². The first kappa shape index (κ1) is 11.7. The van der Waals surface area contributed by atoms with E-state index in [2.05, 4.69) is 6.92 Å². The lowest BCUT2D eigenvalue weighted by atomic mass is 10.2. The largest absolute Gasteiger partial charge is 0.365 e. The van der Waals surface area contributed by atoms with E-state index in [-0.39, 0.29) is 6.54 Å². The number of halogens is 2. The molecule has 1 nitrogen and oxygen atoms in total. The fourth-order valence-corrected chi connectivity index (χ4v) is 3.04. The van der Waals surface area contributed by atoms with Crippen LogP contribution in [0.2, 0.25) is 0 Å². The molecule has 0 saturated heterocycles. The Kier molecular flexibility index (Phi) is 3.69. The van der Waals surface area contributed by atoms with E-state index in [4.69, 9.17) is 0 Å². The Labute approximate surface area is 98.8 Å². The Morgan fingerprint density at radius 3 is 2.94 bits per heavy atom. The van der Waals surface area contributed by atoms with Gasteiger partial charge in [-0.2, -0.15) is 0 Å². The molecule has 1 aliphatic heterocycles. The SMILES string of the molecule is CC1CCN(CC(F)F)c2ccccc2S1.